The summed E-state index contributed by atoms with van der Waals surface area (Å²) in [6.45, 7) is 0.336. The standard InChI is InChI=1S/2C24H17N3O5.Cr/c28-15-32-18-12-10-16(11-13-18)22-20(14-25-21-9-5-4-8-19(21)24(30)31)23(29)27(26-22)17-6-2-1-3-7-17;28-22-19(14-25-20-9-5-4-8-18(20)24(31)32)21(15-10-12-16(13-11-15)23(29)30)26-27(22)17-6-2-1-3-7-17;/h1-15,29H,(H,30,31);1-14,28H,(H,29,30)(H,31,32);. The fourth-order valence-electron chi connectivity index (χ4n) is 6.33. The van der Waals surface area contributed by atoms with Crippen molar-refractivity contribution in [2.24, 2.45) is 9.98 Å². The molecule has 8 rings (SSSR count). The first kappa shape index (κ1) is 45.6. The predicted molar refractivity (Wildman–Crippen MR) is 236 cm³/mol. The average Bonchev–Trinajstić information content (AvgIpc) is 3.83. The Hall–Kier alpha value is -8.91. The summed E-state index contributed by atoms with van der Waals surface area (Å²) in [6.07, 6.45) is 2.73. The molecule has 0 aliphatic rings. The zero-order chi connectivity index (χ0) is 45.2. The van der Waals surface area contributed by atoms with Crippen molar-refractivity contribution in [3.05, 3.63) is 186 Å². The number of para-hydroxylation sites is 4. The molecular formula is C48H34CrN6O10. The van der Waals surface area contributed by atoms with Gasteiger partial charge in [-0.2, -0.15) is 10.2 Å². The number of carbonyl (C=O) groups excluding carboxylic acids is 1. The van der Waals surface area contributed by atoms with E-state index in [9.17, 15) is 39.6 Å². The number of benzene rings is 6. The number of carboxylic acid groups (broad SMARTS) is 3. The summed E-state index contributed by atoms with van der Waals surface area (Å²) in [5.74, 6) is -3.26. The maximum Gasteiger partial charge on any atom is 0.337 e. The van der Waals surface area contributed by atoms with Crippen LogP contribution in [-0.2, 0) is 22.2 Å². The molecule has 0 amide bonds. The second-order valence-corrected chi connectivity index (χ2v) is 13.4. The number of carbonyl (C=O) groups is 4. The van der Waals surface area contributed by atoms with Crippen molar-refractivity contribution in [2.75, 3.05) is 0 Å². The maximum absolute atomic E-state index is 11.5. The van der Waals surface area contributed by atoms with Crippen molar-refractivity contribution in [2.45, 2.75) is 0 Å². The zero-order valence-corrected chi connectivity index (χ0v) is 34.9. The molecule has 0 saturated heterocycles. The van der Waals surface area contributed by atoms with Crippen LogP contribution in [0.3, 0.4) is 0 Å². The molecule has 0 aliphatic carbocycles. The molecule has 0 spiro atoms. The van der Waals surface area contributed by atoms with Crippen LogP contribution < -0.4 is 4.74 Å². The fraction of sp³-hybridized carbons (Fsp3) is 0. The van der Waals surface area contributed by atoms with Crippen LogP contribution in [0.1, 0.15) is 42.2 Å². The third-order valence-corrected chi connectivity index (χ3v) is 9.45. The maximum atomic E-state index is 11.5. The number of hydrogen-bond donors (Lipinski definition) is 5. The van der Waals surface area contributed by atoms with Crippen LogP contribution in [0.5, 0.6) is 17.5 Å². The first-order chi connectivity index (χ1) is 31.0. The summed E-state index contributed by atoms with van der Waals surface area (Å²) in [4.78, 5) is 53.3. The van der Waals surface area contributed by atoms with Crippen molar-refractivity contribution in [1.29, 1.82) is 0 Å². The Morgan fingerprint density at radius 1 is 0.508 bits per heavy atom. The van der Waals surface area contributed by atoms with Crippen molar-refractivity contribution < 1.29 is 66.8 Å². The zero-order valence-electron chi connectivity index (χ0n) is 33.6. The second kappa shape index (κ2) is 20.8. The molecule has 2 aromatic heterocycles. The molecule has 2 heterocycles. The third-order valence-electron chi connectivity index (χ3n) is 9.45. The molecule has 17 heteroatoms. The summed E-state index contributed by atoms with van der Waals surface area (Å²) < 4.78 is 7.54. The van der Waals surface area contributed by atoms with Gasteiger partial charge in [0.15, 0.2) is 0 Å². The van der Waals surface area contributed by atoms with Crippen LogP contribution in [0.4, 0.5) is 11.4 Å². The van der Waals surface area contributed by atoms with Gasteiger partial charge in [-0.15, -0.1) is 0 Å². The van der Waals surface area contributed by atoms with Gasteiger partial charge in [0, 0.05) is 40.9 Å². The number of carboxylic acids is 3. The molecule has 0 unspecified atom stereocenters. The molecule has 6 aromatic carbocycles. The van der Waals surface area contributed by atoms with E-state index in [2.05, 4.69) is 20.2 Å². The Kier molecular flexibility index (Phi) is 14.6. The molecule has 5 N–H and O–H groups in total. The first-order valence-electron chi connectivity index (χ1n) is 19.1. The van der Waals surface area contributed by atoms with E-state index in [1.165, 1.54) is 46.1 Å². The molecule has 0 saturated carbocycles. The molecule has 0 radical (unpaired) electrons. The fourth-order valence-corrected chi connectivity index (χ4v) is 6.33. The number of nitrogens with zero attached hydrogens (tertiary/aromatic N) is 6. The summed E-state index contributed by atoms with van der Waals surface area (Å²) in [5, 5.41) is 58.8. The van der Waals surface area contributed by atoms with E-state index in [1.54, 1.807) is 109 Å². The van der Waals surface area contributed by atoms with Gasteiger partial charge in [0.05, 0.1) is 50.6 Å². The van der Waals surface area contributed by atoms with Gasteiger partial charge in [0.1, 0.15) is 17.1 Å². The molecule has 322 valence electrons. The van der Waals surface area contributed by atoms with Crippen LogP contribution in [0.15, 0.2) is 168 Å². The minimum absolute atomic E-state index is 0. The SMILES string of the molecule is O=C(O)c1ccc(-c2nn(-c3ccccc3)c(O)c2C=Nc2ccccc2C(=O)O)cc1.O=COc1ccc(-c2nn(-c3ccccc3)c(O)c2C=Nc2ccccc2C(=O)O)cc1.[Cr]. The molecule has 65 heavy (non-hydrogen) atoms. The topological polar surface area (TPSA) is 239 Å². The second-order valence-electron chi connectivity index (χ2n) is 13.4. The van der Waals surface area contributed by atoms with E-state index in [0.717, 1.165) is 0 Å². The monoisotopic (exact) mass is 906 g/mol. The number of aliphatic imine (C=N–C) groups is 2. The smallest absolute Gasteiger partial charge is 0.337 e. The van der Waals surface area contributed by atoms with Gasteiger partial charge < -0.3 is 30.3 Å². The van der Waals surface area contributed by atoms with Gasteiger partial charge in [-0.25, -0.2) is 23.7 Å². The Bertz CT molecular complexity index is 3040. The van der Waals surface area contributed by atoms with Gasteiger partial charge in [-0.3, -0.25) is 14.8 Å². The number of aromatic hydroxyl groups is 2. The van der Waals surface area contributed by atoms with E-state index < -0.39 is 17.9 Å². The van der Waals surface area contributed by atoms with E-state index in [4.69, 9.17) is 9.84 Å². The first-order valence-corrected chi connectivity index (χ1v) is 19.1. The summed E-state index contributed by atoms with van der Waals surface area (Å²) in [5.41, 5.74) is 4.43. The van der Waals surface area contributed by atoms with Crippen LogP contribution >= 0.6 is 0 Å². The number of aromatic nitrogens is 4. The van der Waals surface area contributed by atoms with Crippen molar-refractivity contribution in [1.82, 2.24) is 19.6 Å². The van der Waals surface area contributed by atoms with Gasteiger partial charge in [-0.1, -0.05) is 72.8 Å². The molecule has 0 aliphatic heterocycles. The number of aromatic carboxylic acids is 3. The quantitative estimate of drug-likeness (QED) is 0.0540. The molecule has 8 aromatic rings. The molecule has 0 bridgehead atoms. The van der Waals surface area contributed by atoms with Crippen molar-refractivity contribution in [3.8, 4) is 51.4 Å². The molecule has 0 fully saturated rings. The summed E-state index contributed by atoms with van der Waals surface area (Å²) >= 11 is 0. The average molecular weight is 907 g/mol. The van der Waals surface area contributed by atoms with Gasteiger partial charge in [0.2, 0.25) is 11.8 Å². The molecular weight excluding hydrogens is 873 g/mol. The van der Waals surface area contributed by atoms with Crippen molar-refractivity contribution in [3.63, 3.8) is 0 Å². The third kappa shape index (κ3) is 10.4. The van der Waals surface area contributed by atoms with Crippen LogP contribution in [0.25, 0.3) is 33.9 Å². The Balaban J connectivity index is 0.000000212. The summed E-state index contributed by atoms with van der Waals surface area (Å²) in [7, 11) is 0. The Morgan fingerprint density at radius 3 is 1.28 bits per heavy atom. The van der Waals surface area contributed by atoms with Crippen LogP contribution in [0, 0.1) is 0 Å². The van der Waals surface area contributed by atoms with Gasteiger partial charge in [0.25, 0.3) is 6.47 Å². The van der Waals surface area contributed by atoms with Crippen LogP contribution in [-0.4, -0.2) is 81.9 Å². The largest absolute Gasteiger partial charge is 0.493 e. The van der Waals surface area contributed by atoms with Crippen molar-refractivity contribution >= 4 is 48.2 Å². The van der Waals surface area contributed by atoms with E-state index in [1.807, 2.05) is 24.3 Å². The van der Waals surface area contributed by atoms with E-state index in [-0.39, 0.29) is 62.7 Å². The molecule has 16 nitrogen and oxygen atoms in total. The normalized spacial score (nSPS) is 10.8. The minimum Gasteiger partial charge on any atom is -0.493 e. The number of rotatable bonds is 13. The number of hydrogen-bond acceptors (Lipinski definition) is 11. The van der Waals surface area contributed by atoms with Crippen LogP contribution in [0.2, 0.25) is 0 Å². The molecule has 0 atom stereocenters. The Labute approximate surface area is 380 Å². The minimum atomic E-state index is -1.12. The van der Waals surface area contributed by atoms with Gasteiger partial charge >= 0.3 is 17.9 Å². The van der Waals surface area contributed by atoms with E-state index >= 15 is 0 Å². The summed E-state index contributed by atoms with van der Waals surface area (Å²) in [6, 6.07) is 43.3. The Morgan fingerprint density at radius 2 is 0.892 bits per heavy atom. The van der Waals surface area contributed by atoms with E-state index in [0.29, 0.717) is 51.7 Å². The number of ether oxygens (including phenoxy) is 1. The van der Waals surface area contributed by atoms with Gasteiger partial charge in [-0.05, 0) is 84.9 Å². The predicted octanol–water partition coefficient (Wildman–Crippen LogP) is 8.62.